The molecule has 0 saturated carbocycles. The van der Waals surface area contributed by atoms with Crippen LogP contribution in [0.1, 0.15) is 354 Å². The van der Waals surface area contributed by atoms with Crippen molar-refractivity contribution in [3.8, 4) is 0 Å². The van der Waals surface area contributed by atoms with Gasteiger partial charge in [-0.05, 0) is 51.4 Å². The predicted molar refractivity (Wildman–Crippen MR) is 301 cm³/mol. The van der Waals surface area contributed by atoms with E-state index in [0.717, 1.165) is 51.4 Å². The Morgan fingerprint density at radius 1 is 0.391 bits per heavy atom. The van der Waals surface area contributed by atoms with Crippen LogP contribution in [0.25, 0.3) is 0 Å². The molecule has 1 amide bonds. The summed E-state index contributed by atoms with van der Waals surface area (Å²) in [4.78, 5) is 24.6. The number of carbonyl (C=O) groups is 2. The Bertz CT molecular complexity index is 1030. The molecule has 6 nitrogen and oxygen atoms in total. The van der Waals surface area contributed by atoms with Gasteiger partial charge in [-0.25, -0.2) is 0 Å². The molecule has 410 valence electrons. The number of amides is 1. The van der Waals surface area contributed by atoms with Gasteiger partial charge in [-0.3, -0.25) is 9.59 Å². The number of hydrogen-bond donors (Lipinski definition) is 3. The van der Waals surface area contributed by atoms with Gasteiger partial charge in [0.05, 0.1) is 25.4 Å². The smallest absolute Gasteiger partial charge is 0.305 e. The zero-order valence-corrected chi connectivity index (χ0v) is 46.8. The van der Waals surface area contributed by atoms with Crippen molar-refractivity contribution < 1.29 is 24.5 Å². The molecule has 0 aliphatic carbocycles. The van der Waals surface area contributed by atoms with Gasteiger partial charge in [0.15, 0.2) is 0 Å². The lowest BCUT2D eigenvalue weighted by molar-refractivity contribution is -0.143. The fourth-order valence-corrected chi connectivity index (χ4v) is 9.99. The van der Waals surface area contributed by atoms with Crippen LogP contribution < -0.4 is 5.32 Å². The Balaban J connectivity index is 3.43. The van der Waals surface area contributed by atoms with Gasteiger partial charge in [-0.15, -0.1) is 0 Å². The molecular formula is C63H123NO5. The van der Waals surface area contributed by atoms with Crippen LogP contribution in [-0.4, -0.2) is 47.4 Å². The monoisotopic (exact) mass is 974 g/mol. The number of carbonyl (C=O) groups excluding carboxylic acids is 2. The number of rotatable bonds is 59. The van der Waals surface area contributed by atoms with Gasteiger partial charge in [0.25, 0.3) is 0 Å². The average Bonchev–Trinajstić information content (AvgIpc) is 3.35. The van der Waals surface area contributed by atoms with Crippen LogP contribution in [0.5, 0.6) is 0 Å². The van der Waals surface area contributed by atoms with Gasteiger partial charge in [0.1, 0.15) is 0 Å². The maximum absolute atomic E-state index is 12.5. The number of esters is 1. The summed E-state index contributed by atoms with van der Waals surface area (Å²) < 4.78 is 5.46. The number of unbranched alkanes of at least 4 members (excludes halogenated alkanes) is 46. The lowest BCUT2D eigenvalue weighted by Gasteiger charge is -2.22. The minimum Gasteiger partial charge on any atom is -0.466 e. The Morgan fingerprint density at radius 3 is 1.04 bits per heavy atom. The van der Waals surface area contributed by atoms with Crippen molar-refractivity contribution in [3.63, 3.8) is 0 Å². The molecule has 2 atom stereocenters. The molecule has 0 spiro atoms. The number of allylic oxidation sites excluding steroid dienone is 2. The van der Waals surface area contributed by atoms with Crippen molar-refractivity contribution in [1.82, 2.24) is 5.32 Å². The number of nitrogens with one attached hydrogen (secondary N) is 1. The second-order valence-corrected chi connectivity index (χ2v) is 21.7. The molecule has 6 heteroatoms. The first kappa shape index (κ1) is 67.6. The first-order valence-electron chi connectivity index (χ1n) is 31.4. The van der Waals surface area contributed by atoms with Gasteiger partial charge in [-0.1, -0.05) is 302 Å². The van der Waals surface area contributed by atoms with E-state index in [4.69, 9.17) is 4.74 Å². The number of ether oxygens (including phenoxy) is 1. The molecule has 2 unspecified atom stereocenters. The third-order valence-corrected chi connectivity index (χ3v) is 14.8. The van der Waals surface area contributed by atoms with E-state index in [9.17, 15) is 19.8 Å². The normalized spacial score (nSPS) is 12.6. The summed E-state index contributed by atoms with van der Waals surface area (Å²) in [5.41, 5.74) is 0. The molecular weight excluding hydrogens is 851 g/mol. The second-order valence-electron chi connectivity index (χ2n) is 21.7. The maximum atomic E-state index is 12.5. The summed E-state index contributed by atoms with van der Waals surface area (Å²) in [5, 5.41) is 23.4. The Labute approximate surface area is 431 Å². The first-order valence-corrected chi connectivity index (χ1v) is 31.4. The highest BCUT2D eigenvalue weighted by Gasteiger charge is 2.20. The zero-order valence-electron chi connectivity index (χ0n) is 46.8. The molecule has 0 saturated heterocycles. The lowest BCUT2D eigenvalue weighted by atomic mass is 10.0. The summed E-state index contributed by atoms with van der Waals surface area (Å²) in [6.45, 7) is 4.94. The van der Waals surface area contributed by atoms with Crippen LogP contribution in [0, 0.1) is 0 Å². The van der Waals surface area contributed by atoms with E-state index >= 15 is 0 Å². The molecule has 0 heterocycles. The summed E-state index contributed by atoms with van der Waals surface area (Å²) in [6.07, 6.45) is 70.7. The largest absolute Gasteiger partial charge is 0.466 e. The molecule has 3 N–H and O–H groups in total. The van der Waals surface area contributed by atoms with E-state index in [2.05, 4.69) is 31.3 Å². The lowest BCUT2D eigenvalue weighted by Crippen LogP contribution is -2.45. The van der Waals surface area contributed by atoms with Crippen molar-refractivity contribution in [2.45, 2.75) is 366 Å². The SMILES string of the molecule is CCCCCC/C=C\CCCCCCCC(=O)OCCCCCCCCCCCCCCCCC(=O)NC(CO)C(O)CCCCCCCCCCCCCCCCCCCCCCCCCCC. The second kappa shape index (κ2) is 59.2. The van der Waals surface area contributed by atoms with E-state index in [-0.39, 0.29) is 18.5 Å². The van der Waals surface area contributed by atoms with Gasteiger partial charge < -0.3 is 20.3 Å². The van der Waals surface area contributed by atoms with Gasteiger partial charge in [0, 0.05) is 12.8 Å². The highest BCUT2D eigenvalue weighted by atomic mass is 16.5. The standard InChI is InChI=1S/C63H123NO5/c1-3-5-7-9-11-13-15-17-18-19-20-21-22-23-24-25-26-27-28-32-35-39-43-47-51-55-61(66)60(59-65)64-62(67)56-52-48-44-40-36-33-29-30-34-38-42-46-50-54-58-69-63(68)57-53-49-45-41-37-31-16-14-12-10-8-6-4-2/h14,16,60-61,65-66H,3-13,15,17-59H2,1-2H3,(H,64,67)/b16-14-. The maximum Gasteiger partial charge on any atom is 0.305 e. The van der Waals surface area contributed by atoms with Gasteiger partial charge in [-0.2, -0.15) is 0 Å². The summed E-state index contributed by atoms with van der Waals surface area (Å²) in [6, 6.07) is -0.550. The van der Waals surface area contributed by atoms with E-state index in [1.54, 1.807) is 0 Å². The van der Waals surface area contributed by atoms with E-state index in [1.807, 2.05) is 0 Å². The van der Waals surface area contributed by atoms with Crippen LogP contribution in [0.4, 0.5) is 0 Å². The van der Waals surface area contributed by atoms with E-state index in [0.29, 0.717) is 25.9 Å². The fourth-order valence-electron chi connectivity index (χ4n) is 9.99. The highest BCUT2D eigenvalue weighted by molar-refractivity contribution is 5.76. The minimum absolute atomic E-state index is 0.0101. The number of hydrogen-bond acceptors (Lipinski definition) is 5. The van der Waals surface area contributed by atoms with Gasteiger partial charge >= 0.3 is 5.97 Å². The third-order valence-electron chi connectivity index (χ3n) is 14.8. The Kier molecular flexibility index (Phi) is 58.0. The molecule has 0 aromatic carbocycles. The fraction of sp³-hybridized carbons (Fsp3) is 0.937. The highest BCUT2D eigenvalue weighted by Crippen LogP contribution is 2.18. The molecule has 0 bridgehead atoms. The van der Waals surface area contributed by atoms with Crippen molar-refractivity contribution in [1.29, 1.82) is 0 Å². The zero-order chi connectivity index (χ0) is 50.0. The van der Waals surface area contributed by atoms with Crippen molar-refractivity contribution in [2.24, 2.45) is 0 Å². The number of aliphatic hydroxyl groups is 2. The van der Waals surface area contributed by atoms with Crippen LogP contribution in [-0.2, 0) is 14.3 Å². The summed E-state index contributed by atoms with van der Waals surface area (Å²) >= 11 is 0. The molecule has 0 aliphatic heterocycles. The quantitative estimate of drug-likeness (QED) is 0.0321. The minimum atomic E-state index is -0.672. The molecule has 0 aliphatic rings. The van der Waals surface area contributed by atoms with Gasteiger partial charge in [0.2, 0.25) is 5.91 Å². The van der Waals surface area contributed by atoms with E-state index in [1.165, 1.54) is 270 Å². The molecule has 0 fully saturated rings. The molecule has 0 aromatic heterocycles. The van der Waals surface area contributed by atoms with Crippen LogP contribution in [0.3, 0.4) is 0 Å². The summed E-state index contributed by atoms with van der Waals surface area (Å²) in [5.74, 6) is -0.0515. The van der Waals surface area contributed by atoms with Crippen LogP contribution in [0.2, 0.25) is 0 Å². The van der Waals surface area contributed by atoms with Crippen molar-refractivity contribution >= 4 is 11.9 Å². The van der Waals surface area contributed by atoms with Crippen molar-refractivity contribution in [2.75, 3.05) is 13.2 Å². The Morgan fingerprint density at radius 2 is 0.681 bits per heavy atom. The molecule has 0 radical (unpaired) electrons. The first-order chi connectivity index (χ1) is 34.0. The Hall–Kier alpha value is -1.40. The molecule has 69 heavy (non-hydrogen) atoms. The third kappa shape index (κ3) is 55.8. The van der Waals surface area contributed by atoms with Crippen LogP contribution >= 0.6 is 0 Å². The number of aliphatic hydroxyl groups excluding tert-OH is 2. The predicted octanol–water partition coefficient (Wildman–Crippen LogP) is 19.6. The van der Waals surface area contributed by atoms with E-state index < -0.39 is 12.1 Å². The summed E-state index contributed by atoms with van der Waals surface area (Å²) in [7, 11) is 0. The van der Waals surface area contributed by atoms with Crippen LogP contribution in [0.15, 0.2) is 12.2 Å². The van der Waals surface area contributed by atoms with Crippen molar-refractivity contribution in [3.05, 3.63) is 12.2 Å². The molecule has 0 rings (SSSR count). The topological polar surface area (TPSA) is 95.9 Å². The average molecular weight is 975 g/mol. The molecule has 0 aromatic rings.